The number of ether oxygens (including phenoxy) is 1. The maximum atomic E-state index is 13.1. The Morgan fingerprint density at radius 2 is 2.15 bits per heavy atom. The molecule has 0 spiro atoms. The van der Waals surface area contributed by atoms with Crippen molar-refractivity contribution in [3.05, 3.63) is 35.1 Å². The van der Waals surface area contributed by atoms with Gasteiger partial charge >= 0.3 is 0 Å². The van der Waals surface area contributed by atoms with E-state index in [2.05, 4.69) is 16.3 Å². The zero-order chi connectivity index (χ0) is 14.2. The normalized spacial score (nSPS) is 16.0. The average Bonchev–Trinajstić information content (AvgIpc) is 2.48. The zero-order valence-electron chi connectivity index (χ0n) is 11.6. The molecule has 0 saturated carbocycles. The number of halogens is 1. The molecule has 0 aliphatic carbocycles. The van der Waals surface area contributed by atoms with Gasteiger partial charge in [-0.15, -0.1) is 0 Å². The molecule has 5 heteroatoms. The highest BCUT2D eigenvalue weighted by atomic mass is 19.1. The number of nitrogens with one attached hydrogen (secondary N) is 1. The molecule has 20 heavy (non-hydrogen) atoms. The summed E-state index contributed by atoms with van der Waals surface area (Å²) in [5.74, 6) is -0.297. The number of rotatable bonds is 6. The molecule has 0 amide bonds. The second-order valence-electron chi connectivity index (χ2n) is 4.90. The Balaban J connectivity index is 1.68. The topological polar surface area (TPSA) is 48.3 Å². The van der Waals surface area contributed by atoms with Crippen LogP contribution in [0, 0.1) is 17.1 Å². The van der Waals surface area contributed by atoms with Crippen LogP contribution in [0.15, 0.2) is 18.2 Å². The van der Waals surface area contributed by atoms with Gasteiger partial charge in [0, 0.05) is 19.6 Å². The van der Waals surface area contributed by atoms with Gasteiger partial charge in [0.15, 0.2) is 0 Å². The fourth-order valence-corrected chi connectivity index (χ4v) is 2.29. The Bertz CT molecular complexity index is 467. The lowest BCUT2D eigenvalue weighted by Gasteiger charge is -2.26. The number of nitrogens with zero attached hydrogens (tertiary/aromatic N) is 2. The Hall–Kier alpha value is -1.48. The summed E-state index contributed by atoms with van der Waals surface area (Å²) in [4.78, 5) is 2.38. The van der Waals surface area contributed by atoms with E-state index >= 15 is 0 Å². The van der Waals surface area contributed by atoms with Crippen LogP contribution >= 0.6 is 0 Å². The number of nitriles is 1. The number of morpholine rings is 1. The summed E-state index contributed by atoms with van der Waals surface area (Å²) in [5, 5.41) is 12.2. The van der Waals surface area contributed by atoms with E-state index in [9.17, 15) is 4.39 Å². The number of hydrogen-bond donors (Lipinski definition) is 1. The van der Waals surface area contributed by atoms with Gasteiger partial charge < -0.3 is 10.1 Å². The first-order valence-corrected chi connectivity index (χ1v) is 6.99. The minimum absolute atomic E-state index is 0.297. The minimum atomic E-state index is -0.297. The number of hydrogen-bond acceptors (Lipinski definition) is 4. The van der Waals surface area contributed by atoms with E-state index in [0.717, 1.165) is 51.4 Å². The van der Waals surface area contributed by atoms with Gasteiger partial charge in [-0.25, -0.2) is 4.39 Å². The monoisotopic (exact) mass is 277 g/mol. The van der Waals surface area contributed by atoms with E-state index in [-0.39, 0.29) is 5.82 Å². The fraction of sp³-hybridized carbons (Fsp3) is 0.533. The number of benzene rings is 1. The summed E-state index contributed by atoms with van der Waals surface area (Å²) >= 11 is 0. The average molecular weight is 277 g/mol. The zero-order valence-corrected chi connectivity index (χ0v) is 11.6. The van der Waals surface area contributed by atoms with Crippen molar-refractivity contribution in [3.8, 4) is 6.07 Å². The summed E-state index contributed by atoms with van der Waals surface area (Å²) in [6.45, 7) is 6.09. The van der Waals surface area contributed by atoms with Crippen molar-refractivity contribution in [1.29, 1.82) is 5.26 Å². The molecule has 0 atom stereocenters. The predicted octanol–water partition coefficient (Wildman–Crippen LogP) is 1.51. The van der Waals surface area contributed by atoms with E-state index in [1.165, 1.54) is 18.2 Å². The van der Waals surface area contributed by atoms with Gasteiger partial charge in [-0.2, -0.15) is 5.26 Å². The summed E-state index contributed by atoms with van der Waals surface area (Å²) in [6, 6.07) is 6.36. The Morgan fingerprint density at radius 3 is 2.90 bits per heavy atom. The van der Waals surface area contributed by atoms with Crippen molar-refractivity contribution in [1.82, 2.24) is 10.2 Å². The minimum Gasteiger partial charge on any atom is -0.379 e. The lowest BCUT2D eigenvalue weighted by molar-refractivity contribution is 0.0374. The van der Waals surface area contributed by atoms with Crippen molar-refractivity contribution in [3.63, 3.8) is 0 Å². The standard InChI is InChI=1S/C15H20FN3O/c16-15-3-2-13(11-17)14(10-15)12-18-4-1-5-19-6-8-20-9-7-19/h2-3,10,18H,1,4-9,12H2. The third kappa shape index (κ3) is 4.57. The molecule has 1 aliphatic heterocycles. The molecule has 2 rings (SSSR count). The van der Waals surface area contributed by atoms with Crippen LogP contribution in [0.25, 0.3) is 0 Å². The van der Waals surface area contributed by atoms with Crippen molar-refractivity contribution in [2.24, 2.45) is 0 Å². The molecule has 1 saturated heterocycles. The maximum absolute atomic E-state index is 13.1. The SMILES string of the molecule is N#Cc1ccc(F)cc1CNCCCN1CCOCC1. The molecule has 1 aromatic carbocycles. The van der Waals surface area contributed by atoms with Crippen LogP contribution in [0.5, 0.6) is 0 Å². The molecule has 1 aromatic rings. The van der Waals surface area contributed by atoms with Gasteiger partial charge in [-0.05, 0) is 43.3 Å². The van der Waals surface area contributed by atoms with Crippen LogP contribution in [-0.2, 0) is 11.3 Å². The molecule has 0 unspecified atom stereocenters. The predicted molar refractivity (Wildman–Crippen MR) is 74.7 cm³/mol. The van der Waals surface area contributed by atoms with Gasteiger partial charge in [0.1, 0.15) is 5.82 Å². The summed E-state index contributed by atoms with van der Waals surface area (Å²) in [6.07, 6.45) is 1.04. The van der Waals surface area contributed by atoms with Gasteiger partial charge in [0.25, 0.3) is 0 Å². The van der Waals surface area contributed by atoms with Crippen LogP contribution < -0.4 is 5.32 Å². The van der Waals surface area contributed by atoms with Crippen LogP contribution in [0.3, 0.4) is 0 Å². The first-order valence-electron chi connectivity index (χ1n) is 6.99. The first kappa shape index (κ1) is 14.9. The quantitative estimate of drug-likeness (QED) is 0.801. The molecule has 1 heterocycles. The molecule has 108 valence electrons. The summed E-state index contributed by atoms with van der Waals surface area (Å²) < 4.78 is 18.4. The summed E-state index contributed by atoms with van der Waals surface area (Å²) in [5.41, 5.74) is 1.26. The smallest absolute Gasteiger partial charge is 0.123 e. The molecule has 1 fully saturated rings. The molecule has 1 aliphatic rings. The third-order valence-corrected chi connectivity index (χ3v) is 3.43. The third-order valence-electron chi connectivity index (χ3n) is 3.43. The molecule has 0 radical (unpaired) electrons. The van der Waals surface area contributed by atoms with Crippen LogP contribution in [0.4, 0.5) is 4.39 Å². The molecule has 1 N–H and O–H groups in total. The van der Waals surface area contributed by atoms with E-state index in [4.69, 9.17) is 10.00 Å². The Kier molecular flexibility index (Phi) is 5.93. The van der Waals surface area contributed by atoms with E-state index in [1.807, 2.05) is 0 Å². The highest BCUT2D eigenvalue weighted by molar-refractivity contribution is 5.37. The Morgan fingerprint density at radius 1 is 1.35 bits per heavy atom. The lowest BCUT2D eigenvalue weighted by atomic mass is 10.1. The van der Waals surface area contributed by atoms with E-state index < -0.39 is 0 Å². The van der Waals surface area contributed by atoms with Crippen molar-refractivity contribution in [2.75, 3.05) is 39.4 Å². The van der Waals surface area contributed by atoms with E-state index in [0.29, 0.717) is 12.1 Å². The van der Waals surface area contributed by atoms with E-state index in [1.54, 1.807) is 0 Å². The highest BCUT2D eigenvalue weighted by Gasteiger charge is 2.09. The molecular formula is C15H20FN3O. The van der Waals surface area contributed by atoms with Gasteiger partial charge in [-0.3, -0.25) is 4.90 Å². The van der Waals surface area contributed by atoms with Crippen LogP contribution in [0.1, 0.15) is 17.5 Å². The van der Waals surface area contributed by atoms with Gasteiger partial charge in [-0.1, -0.05) is 0 Å². The van der Waals surface area contributed by atoms with Gasteiger partial charge in [0.05, 0.1) is 24.8 Å². The van der Waals surface area contributed by atoms with Crippen molar-refractivity contribution >= 4 is 0 Å². The lowest BCUT2D eigenvalue weighted by Crippen LogP contribution is -2.37. The first-order chi connectivity index (χ1) is 9.79. The fourth-order valence-electron chi connectivity index (χ4n) is 2.29. The summed E-state index contributed by atoms with van der Waals surface area (Å²) in [7, 11) is 0. The maximum Gasteiger partial charge on any atom is 0.123 e. The van der Waals surface area contributed by atoms with Crippen LogP contribution in [0.2, 0.25) is 0 Å². The van der Waals surface area contributed by atoms with Gasteiger partial charge in [0.2, 0.25) is 0 Å². The van der Waals surface area contributed by atoms with Crippen LogP contribution in [-0.4, -0.2) is 44.3 Å². The van der Waals surface area contributed by atoms with Crippen molar-refractivity contribution < 1.29 is 9.13 Å². The molecule has 0 bridgehead atoms. The van der Waals surface area contributed by atoms with Crippen molar-refractivity contribution in [2.45, 2.75) is 13.0 Å². The molecule has 0 aromatic heterocycles. The molecule has 4 nitrogen and oxygen atoms in total. The molecular weight excluding hydrogens is 257 g/mol. The second kappa shape index (κ2) is 7.95. The second-order valence-corrected chi connectivity index (χ2v) is 4.90. The highest BCUT2D eigenvalue weighted by Crippen LogP contribution is 2.10. The Labute approximate surface area is 119 Å². The largest absolute Gasteiger partial charge is 0.379 e.